The molecule has 3 aromatic rings. The minimum atomic E-state index is -0.461. The molecular weight excluding hydrogens is 416 g/mol. The van der Waals surface area contributed by atoms with Crippen LogP contribution in [0.5, 0.6) is 5.75 Å². The van der Waals surface area contributed by atoms with Crippen molar-refractivity contribution in [2.45, 2.75) is 56.4 Å². The zero-order valence-electron chi connectivity index (χ0n) is 19.1. The maximum absolute atomic E-state index is 13.9. The second kappa shape index (κ2) is 8.96. The van der Waals surface area contributed by atoms with E-state index in [4.69, 9.17) is 4.74 Å². The van der Waals surface area contributed by atoms with Crippen LogP contribution in [0.2, 0.25) is 0 Å². The summed E-state index contributed by atoms with van der Waals surface area (Å²) in [6.45, 7) is 1.25. The van der Waals surface area contributed by atoms with Crippen LogP contribution in [0.4, 0.5) is 0 Å². The third kappa shape index (κ3) is 3.90. The van der Waals surface area contributed by atoms with Gasteiger partial charge in [-0.05, 0) is 55.5 Å². The standard InChI is InChI=1S/C26H30N4O3/c1-33-21-11-9-19(10-12-21)26(15-5-2-6-16-26)25(32)29-17-13-20(14-18-29)30-24(31)22-7-3-4-8-23(22)27-28-30/h3-4,7-12,20H,2,5-6,13-18H2,1H3. The first kappa shape index (κ1) is 21.6. The van der Waals surface area contributed by atoms with Gasteiger partial charge < -0.3 is 9.64 Å². The fourth-order valence-corrected chi connectivity index (χ4v) is 5.55. The van der Waals surface area contributed by atoms with Crippen LogP contribution in [0.15, 0.2) is 53.3 Å². The Morgan fingerprint density at radius 3 is 2.39 bits per heavy atom. The predicted molar refractivity (Wildman–Crippen MR) is 126 cm³/mol. The SMILES string of the molecule is COc1ccc(C2(C(=O)N3CCC(n4nnc5ccccc5c4=O)CC3)CCCCC2)cc1. The average molecular weight is 447 g/mol. The first-order valence-corrected chi connectivity index (χ1v) is 11.9. The summed E-state index contributed by atoms with van der Waals surface area (Å²) in [6.07, 6.45) is 6.49. The number of nitrogens with zero attached hydrogens (tertiary/aromatic N) is 4. The molecule has 1 amide bonds. The van der Waals surface area contributed by atoms with Gasteiger partial charge in [0.15, 0.2) is 0 Å². The Hall–Kier alpha value is -3.22. The number of likely N-dealkylation sites (tertiary alicyclic amines) is 1. The number of amides is 1. The quantitative estimate of drug-likeness (QED) is 0.608. The number of fused-ring (bicyclic) bond motifs is 1. The molecule has 172 valence electrons. The molecule has 7 nitrogen and oxygen atoms in total. The van der Waals surface area contributed by atoms with Crippen molar-refractivity contribution < 1.29 is 9.53 Å². The van der Waals surface area contributed by atoms with Gasteiger partial charge in [-0.25, -0.2) is 4.68 Å². The summed E-state index contributed by atoms with van der Waals surface area (Å²) in [5.41, 5.74) is 1.14. The number of benzene rings is 2. The molecule has 7 heteroatoms. The third-order valence-corrected chi connectivity index (χ3v) is 7.45. The molecule has 5 rings (SSSR count). The Morgan fingerprint density at radius 2 is 1.70 bits per heavy atom. The smallest absolute Gasteiger partial charge is 0.277 e. The van der Waals surface area contributed by atoms with Gasteiger partial charge >= 0.3 is 0 Å². The highest BCUT2D eigenvalue weighted by Crippen LogP contribution is 2.42. The molecule has 1 aliphatic carbocycles. The largest absolute Gasteiger partial charge is 0.497 e. The van der Waals surface area contributed by atoms with Crippen molar-refractivity contribution in [3.63, 3.8) is 0 Å². The number of aromatic nitrogens is 3. The van der Waals surface area contributed by atoms with Crippen molar-refractivity contribution >= 4 is 16.8 Å². The second-order valence-electron chi connectivity index (χ2n) is 9.25. The van der Waals surface area contributed by atoms with Gasteiger partial charge in [-0.3, -0.25) is 9.59 Å². The number of rotatable bonds is 4. The van der Waals surface area contributed by atoms with E-state index in [2.05, 4.69) is 22.4 Å². The molecule has 0 N–H and O–H groups in total. The van der Waals surface area contributed by atoms with Crippen LogP contribution >= 0.6 is 0 Å². The predicted octanol–water partition coefficient (Wildman–Crippen LogP) is 3.87. The highest BCUT2D eigenvalue weighted by Gasteiger charge is 2.44. The Labute approximate surface area is 193 Å². The maximum Gasteiger partial charge on any atom is 0.277 e. The van der Waals surface area contributed by atoms with E-state index >= 15 is 0 Å². The van der Waals surface area contributed by atoms with Gasteiger partial charge in [0.05, 0.1) is 24.0 Å². The van der Waals surface area contributed by atoms with Crippen LogP contribution in [0.3, 0.4) is 0 Å². The molecule has 1 saturated heterocycles. The molecule has 2 aromatic carbocycles. The minimum absolute atomic E-state index is 0.0399. The Kier molecular flexibility index (Phi) is 5.87. The van der Waals surface area contributed by atoms with E-state index in [-0.39, 0.29) is 17.5 Å². The number of hydrogen-bond acceptors (Lipinski definition) is 5. The molecule has 33 heavy (non-hydrogen) atoms. The number of hydrogen-bond donors (Lipinski definition) is 0. The van der Waals surface area contributed by atoms with Crippen molar-refractivity contribution in [3.05, 3.63) is 64.4 Å². The summed E-state index contributed by atoms with van der Waals surface area (Å²) >= 11 is 0. The number of piperidine rings is 1. The first-order chi connectivity index (χ1) is 16.1. The number of methoxy groups -OCH3 is 1. The van der Waals surface area contributed by atoms with Crippen LogP contribution in [-0.4, -0.2) is 46.0 Å². The average Bonchev–Trinajstić information content (AvgIpc) is 2.89. The molecule has 2 aliphatic rings. The zero-order valence-corrected chi connectivity index (χ0v) is 19.1. The van der Waals surface area contributed by atoms with Gasteiger partial charge in [0.25, 0.3) is 5.56 Å². The van der Waals surface area contributed by atoms with E-state index in [1.54, 1.807) is 19.2 Å². The van der Waals surface area contributed by atoms with E-state index in [1.165, 1.54) is 11.1 Å². The monoisotopic (exact) mass is 446 g/mol. The Bertz CT molecular complexity index is 1190. The summed E-state index contributed by atoms with van der Waals surface area (Å²) in [6, 6.07) is 15.3. The Balaban J connectivity index is 1.35. The summed E-state index contributed by atoms with van der Waals surface area (Å²) in [5.74, 6) is 1.03. The molecule has 2 fully saturated rings. The molecule has 0 radical (unpaired) electrons. The maximum atomic E-state index is 13.9. The molecule has 1 saturated carbocycles. The van der Waals surface area contributed by atoms with E-state index in [0.717, 1.165) is 37.0 Å². The van der Waals surface area contributed by atoms with Gasteiger partial charge in [-0.2, -0.15) is 0 Å². The van der Waals surface area contributed by atoms with Crippen LogP contribution in [0, 0.1) is 0 Å². The zero-order chi connectivity index (χ0) is 22.8. The van der Waals surface area contributed by atoms with Gasteiger partial charge in [-0.15, -0.1) is 5.10 Å². The van der Waals surface area contributed by atoms with Gasteiger partial charge in [-0.1, -0.05) is 48.7 Å². The van der Waals surface area contributed by atoms with Crippen LogP contribution < -0.4 is 10.3 Å². The highest BCUT2D eigenvalue weighted by atomic mass is 16.5. The molecule has 0 unspecified atom stereocenters. The van der Waals surface area contributed by atoms with E-state index in [9.17, 15) is 9.59 Å². The van der Waals surface area contributed by atoms with Gasteiger partial charge in [0.1, 0.15) is 11.3 Å². The second-order valence-corrected chi connectivity index (χ2v) is 9.25. The summed E-state index contributed by atoms with van der Waals surface area (Å²) < 4.78 is 6.84. The summed E-state index contributed by atoms with van der Waals surface area (Å²) in [7, 11) is 1.66. The number of carbonyl (C=O) groups is 1. The minimum Gasteiger partial charge on any atom is -0.497 e. The van der Waals surface area contributed by atoms with Crippen molar-refractivity contribution in [2.24, 2.45) is 0 Å². The molecule has 2 heterocycles. The van der Waals surface area contributed by atoms with Gasteiger partial charge in [0.2, 0.25) is 5.91 Å². The van der Waals surface area contributed by atoms with Crippen molar-refractivity contribution in [1.82, 2.24) is 19.9 Å². The van der Waals surface area contributed by atoms with E-state index in [0.29, 0.717) is 36.8 Å². The van der Waals surface area contributed by atoms with E-state index in [1.807, 2.05) is 29.2 Å². The third-order valence-electron chi connectivity index (χ3n) is 7.45. The first-order valence-electron chi connectivity index (χ1n) is 11.9. The fraction of sp³-hybridized carbons (Fsp3) is 0.462. The van der Waals surface area contributed by atoms with Crippen molar-refractivity contribution in [1.29, 1.82) is 0 Å². The number of ether oxygens (including phenoxy) is 1. The molecule has 0 atom stereocenters. The van der Waals surface area contributed by atoms with Crippen molar-refractivity contribution in [3.8, 4) is 5.75 Å². The normalized spacial score (nSPS) is 18.9. The van der Waals surface area contributed by atoms with Crippen molar-refractivity contribution in [2.75, 3.05) is 20.2 Å². The molecule has 1 aromatic heterocycles. The lowest BCUT2D eigenvalue weighted by molar-refractivity contribution is -0.140. The fourth-order valence-electron chi connectivity index (χ4n) is 5.55. The molecule has 0 spiro atoms. The molecule has 0 bridgehead atoms. The summed E-state index contributed by atoms with van der Waals surface area (Å²) in [5, 5.41) is 9.03. The van der Waals surface area contributed by atoms with Crippen LogP contribution in [0.1, 0.15) is 56.6 Å². The van der Waals surface area contributed by atoms with Crippen LogP contribution in [-0.2, 0) is 10.2 Å². The van der Waals surface area contributed by atoms with E-state index < -0.39 is 5.41 Å². The van der Waals surface area contributed by atoms with Crippen LogP contribution in [0.25, 0.3) is 10.9 Å². The Morgan fingerprint density at radius 1 is 1.00 bits per heavy atom. The lowest BCUT2D eigenvalue weighted by Crippen LogP contribution is -2.51. The lowest BCUT2D eigenvalue weighted by atomic mass is 9.68. The summed E-state index contributed by atoms with van der Waals surface area (Å²) in [4.78, 5) is 28.9. The molecular formula is C26H30N4O3. The number of carbonyl (C=O) groups excluding carboxylic acids is 1. The highest BCUT2D eigenvalue weighted by molar-refractivity contribution is 5.88. The topological polar surface area (TPSA) is 77.3 Å². The molecule has 1 aliphatic heterocycles. The van der Waals surface area contributed by atoms with Gasteiger partial charge in [0, 0.05) is 13.1 Å². The lowest BCUT2D eigenvalue weighted by Gasteiger charge is -2.42.